The zero-order valence-corrected chi connectivity index (χ0v) is 23.7. The lowest BCUT2D eigenvalue weighted by Gasteiger charge is -2.20. The molecule has 0 aliphatic carbocycles. The minimum absolute atomic E-state index is 0.0765. The first-order valence-corrected chi connectivity index (χ1v) is 14.4. The second kappa shape index (κ2) is 9.71. The highest BCUT2D eigenvalue weighted by molar-refractivity contribution is 6.23. The molecule has 0 saturated heterocycles. The largest absolute Gasteiger partial charge is 0.294 e. The lowest BCUT2D eigenvalue weighted by molar-refractivity contribution is 0.0940. The molecule has 0 heterocycles. The van der Waals surface area contributed by atoms with Crippen molar-refractivity contribution in [1.82, 2.24) is 0 Å². The molecule has 0 unspecified atom stereocenters. The summed E-state index contributed by atoms with van der Waals surface area (Å²) >= 11 is 0. The molecule has 0 aromatic heterocycles. The van der Waals surface area contributed by atoms with Crippen LogP contribution in [0.1, 0.15) is 37.6 Å². The van der Waals surface area contributed by atoms with E-state index in [1.165, 1.54) is 49.0 Å². The molecule has 1 heteroatoms. The lowest BCUT2D eigenvalue weighted by atomic mass is 9.83. The molecule has 0 fully saturated rings. The van der Waals surface area contributed by atoms with Crippen molar-refractivity contribution in [1.29, 1.82) is 0 Å². The van der Waals surface area contributed by atoms with Crippen molar-refractivity contribution in [2.45, 2.75) is 27.2 Å². The van der Waals surface area contributed by atoms with Crippen LogP contribution in [0, 0.1) is 5.41 Å². The maximum absolute atomic E-state index is 13.5. The van der Waals surface area contributed by atoms with Crippen molar-refractivity contribution in [3.05, 3.63) is 133 Å². The number of benzene rings is 7. The Bertz CT molecular complexity index is 2120. The van der Waals surface area contributed by atoms with Crippen LogP contribution in [0.15, 0.2) is 127 Å². The van der Waals surface area contributed by atoms with Crippen molar-refractivity contribution < 1.29 is 4.79 Å². The molecule has 7 rings (SSSR count). The number of fused-ring (bicyclic) bond motifs is 4. The SMILES string of the molecule is CC(C)(C)CC(=O)c1ccc2c(-c3ccc4ccccc4c3)c3ccccc3c(-c3ccc4ccccc4c3)c2c1. The molecule has 0 atom stereocenters. The van der Waals surface area contributed by atoms with E-state index in [4.69, 9.17) is 0 Å². The van der Waals surface area contributed by atoms with Gasteiger partial charge >= 0.3 is 0 Å². The minimum atomic E-state index is -0.0765. The van der Waals surface area contributed by atoms with Gasteiger partial charge in [-0.25, -0.2) is 0 Å². The first-order chi connectivity index (χ1) is 19.9. The number of carbonyl (C=O) groups is 1. The number of Topliss-reactive ketones (excluding diaryl/α,β-unsaturated/α-hetero) is 1. The summed E-state index contributed by atoms with van der Waals surface area (Å²) in [6.07, 6.45) is 0.509. The summed E-state index contributed by atoms with van der Waals surface area (Å²) < 4.78 is 0. The zero-order valence-electron chi connectivity index (χ0n) is 23.7. The maximum atomic E-state index is 13.5. The van der Waals surface area contributed by atoms with Crippen LogP contribution in [0.25, 0.3) is 65.3 Å². The van der Waals surface area contributed by atoms with E-state index in [0.717, 1.165) is 21.9 Å². The van der Waals surface area contributed by atoms with Crippen LogP contribution in [-0.4, -0.2) is 5.78 Å². The highest BCUT2D eigenvalue weighted by Gasteiger charge is 2.21. The van der Waals surface area contributed by atoms with Crippen molar-refractivity contribution in [3.63, 3.8) is 0 Å². The molecule has 0 bridgehead atoms. The molecular weight excluding hydrogens is 496 g/mol. The average molecular weight is 529 g/mol. The number of carbonyl (C=O) groups excluding carboxylic acids is 1. The Labute approximate surface area is 241 Å². The third-order valence-corrected chi connectivity index (χ3v) is 8.11. The first kappa shape index (κ1) is 25.2. The predicted octanol–water partition coefficient (Wildman–Crippen LogP) is 11.3. The lowest BCUT2D eigenvalue weighted by Crippen LogP contribution is -2.13. The Morgan fingerprint density at radius 2 is 0.951 bits per heavy atom. The van der Waals surface area contributed by atoms with E-state index >= 15 is 0 Å². The predicted molar refractivity (Wildman–Crippen MR) is 176 cm³/mol. The van der Waals surface area contributed by atoms with Crippen LogP contribution in [0.3, 0.4) is 0 Å². The summed E-state index contributed by atoms with van der Waals surface area (Å²) in [4.78, 5) is 13.5. The van der Waals surface area contributed by atoms with Crippen LogP contribution >= 0.6 is 0 Å². The van der Waals surface area contributed by atoms with Gasteiger partial charge < -0.3 is 0 Å². The quantitative estimate of drug-likeness (QED) is 0.164. The fourth-order valence-electron chi connectivity index (χ4n) is 6.25. The normalized spacial score (nSPS) is 12.0. The van der Waals surface area contributed by atoms with Gasteiger partial charge in [0.1, 0.15) is 0 Å². The molecule has 198 valence electrons. The molecule has 0 saturated carbocycles. The third-order valence-electron chi connectivity index (χ3n) is 8.11. The number of ketones is 1. The van der Waals surface area contributed by atoms with Crippen LogP contribution in [0.5, 0.6) is 0 Å². The highest BCUT2D eigenvalue weighted by atomic mass is 16.1. The van der Waals surface area contributed by atoms with Gasteiger partial charge in [-0.05, 0) is 89.0 Å². The third kappa shape index (κ3) is 4.58. The van der Waals surface area contributed by atoms with Gasteiger partial charge in [-0.3, -0.25) is 4.79 Å². The van der Waals surface area contributed by atoms with Gasteiger partial charge in [0.25, 0.3) is 0 Å². The molecule has 1 nitrogen and oxygen atoms in total. The summed E-state index contributed by atoms with van der Waals surface area (Å²) in [6.45, 7) is 6.37. The van der Waals surface area contributed by atoms with Crippen LogP contribution in [-0.2, 0) is 0 Å². The number of hydrogen-bond acceptors (Lipinski definition) is 1. The second-order valence-electron chi connectivity index (χ2n) is 12.3. The summed E-state index contributed by atoms with van der Waals surface area (Å²) in [7, 11) is 0. The molecule has 0 radical (unpaired) electrons. The van der Waals surface area contributed by atoms with Crippen molar-refractivity contribution in [2.75, 3.05) is 0 Å². The zero-order chi connectivity index (χ0) is 28.1. The Morgan fingerprint density at radius 3 is 1.49 bits per heavy atom. The maximum Gasteiger partial charge on any atom is 0.163 e. The smallest absolute Gasteiger partial charge is 0.163 e. The van der Waals surface area contributed by atoms with Gasteiger partial charge in [-0.1, -0.05) is 130 Å². The van der Waals surface area contributed by atoms with Crippen molar-refractivity contribution in [2.24, 2.45) is 5.41 Å². The average Bonchev–Trinajstić information content (AvgIpc) is 2.98. The summed E-state index contributed by atoms with van der Waals surface area (Å²) in [6, 6.07) is 45.5. The van der Waals surface area contributed by atoms with Crippen LogP contribution in [0.2, 0.25) is 0 Å². The van der Waals surface area contributed by atoms with E-state index < -0.39 is 0 Å². The van der Waals surface area contributed by atoms with Gasteiger partial charge in [0.2, 0.25) is 0 Å². The van der Waals surface area contributed by atoms with Gasteiger partial charge in [0.05, 0.1) is 0 Å². The molecule has 41 heavy (non-hydrogen) atoms. The van der Waals surface area contributed by atoms with E-state index in [-0.39, 0.29) is 11.2 Å². The van der Waals surface area contributed by atoms with Crippen molar-refractivity contribution in [3.8, 4) is 22.3 Å². The summed E-state index contributed by atoms with van der Waals surface area (Å²) in [5.41, 5.74) is 5.43. The molecule has 0 N–H and O–H groups in total. The Kier molecular flexibility index (Phi) is 5.98. The molecule has 0 spiro atoms. The fourth-order valence-corrected chi connectivity index (χ4v) is 6.25. The van der Waals surface area contributed by atoms with Crippen LogP contribution in [0.4, 0.5) is 0 Å². The van der Waals surface area contributed by atoms with Crippen molar-refractivity contribution >= 4 is 48.9 Å². The highest BCUT2D eigenvalue weighted by Crippen LogP contribution is 2.45. The second-order valence-corrected chi connectivity index (χ2v) is 12.3. The molecule has 7 aromatic carbocycles. The molecular formula is C40H32O. The Hall–Kier alpha value is -4.75. The fraction of sp³-hybridized carbons (Fsp3) is 0.125. The molecule has 0 amide bonds. The van der Waals surface area contributed by atoms with Gasteiger partial charge in [-0.2, -0.15) is 0 Å². The molecule has 7 aromatic rings. The van der Waals surface area contributed by atoms with E-state index in [1.54, 1.807) is 0 Å². The van der Waals surface area contributed by atoms with E-state index in [9.17, 15) is 4.79 Å². The molecule has 0 aliphatic heterocycles. The Morgan fingerprint density at radius 1 is 0.488 bits per heavy atom. The standard InChI is InChI=1S/C40H32O/c1-40(2,3)25-37(41)30-20-21-35-36(24-30)39(32-19-17-27-11-5-7-13-29(27)23-32)34-15-9-8-14-33(34)38(35)31-18-16-26-10-4-6-12-28(26)22-31/h4-24H,25H2,1-3H3. The van der Waals surface area contributed by atoms with Gasteiger partial charge in [-0.15, -0.1) is 0 Å². The van der Waals surface area contributed by atoms with Gasteiger partial charge in [0.15, 0.2) is 5.78 Å². The van der Waals surface area contributed by atoms with E-state index in [2.05, 4.69) is 142 Å². The summed E-state index contributed by atoms with van der Waals surface area (Å²) in [5.74, 6) is 0.185. The van der Waals surface area contributed by atoms with Crippen LogP contribution < -0.4 is 0 Å². The minimum Gasteiger partial charge on any atom is -0.294 e. The molecule has 0 aliphatic rings. The Balaban J connectivity index is 1.58. The summed E-state index contributed by atoms with van der Waals surface area (Å²) in [5, 5.41) is 9.56. The number of hydrogen-bond donors (Lipinski definition) is 0. The van der Waals surface area contributed by atoms with E-state index in [1.807, 2.05) is 6.07 Å². The topological polar surface area (TPSA) is 17.1 Å². The first-order valence-electron chi connectivity index (χ1n) is 14.4. The van der Waals surface area contributed by atoms with Gasteiger partial charge in [0, 0.05) is 12.0 Å². The monoisotopic (exact) mass is 528 g/mol. The number of rotatable bonds is 4. The van der Waals surface area contributed by atoms with E-state index in [0.29, 0.717) is 6.42 Å².